The summed E-state index contributed by atoms with van der Waals surface area (Å²) in [7, 11) is 1.63. The van der Waals surface area contributed by atoms with Gasteiger partial charge in [0.25, 0.3) is 0 Å². The van der Waals surface area contributed by atoms with Crippen molar-refractivity contribution in [3.63, 3.8) is 0 Å². The molecule has 0 spiro atoms. The number of esters is 1. The molecule has 0 radical (unpaired) electrons. The van der Waals surface area contributed by atoms with E-state index in [0.29, 0.717) is 19.6 Å². The summed E-state index contributed by atoms with van der Waals surface area (Å²) >= 11 is 0. The van der Waals surface area contributed by atoms with Crippen LogP contribution in [0.1, 0.15) is 39.5 Å². The molecule has 2 atom stereocenters. The first-order valence-electron chi connectivity index (χ1n) is 8.25. The third kappa shape index (κ3) is 4.86. The summed E-state index contributed by atoms with van der Waals surface area (Å²) in [5.74, 6) is 1.21. The van der Waals surface area contributed by atoms with Gasteiger partial charge in [-0.1, -0.05) is 25.8 Å². The van der Waals surface area contributed by atoms with Crippen LogP contribution in [-0.4, -0.2) is 38.0 Å². The van der Waals surface area contributed by atoms with E-state index in [0.717, 1.165) is 30.8 Å². The van der Waals surface area contributed by atoms with E-state index in [4.69, 9.17) is 18.9 Å². The predicted molar refractivity (Wildman–Crippen MR) is 86.9 cm³/mol. The van der Waals surface area contributed by atoms with E-state index in [9.17, 15) is 4.79 Å². The molecule has 0 amide bonds. The highest BCUT2D eigenvalue weighted by Crippen LogP contribution is 2.36. The third-order valence-electron chi connectivity index (χ3n) is 3.92. The molecule has 2 unspecified atom stereocenters. The molecule has 0 saturated carbocycles. The summed E-state index contributed by atoms with van der Waals surface area (Å²) in [5.41, 5.74) is -0.812. The number of carbonyl (C=O) groups is 1. The molecule has 5 heteroatoms. The van der Waals surface area contributed by atoms with Crippen LogP contribution in [0.4, 0.5) is 0 Å². The molecule has 0 N–H and O–H groups in total. The van der Waals surface area contributed by atoms with E-state index in [1.165, 1.54) is 0 Å². The molecule has 2 rings (SSSR count). The number of hydrogen-bond donors (Lipinski definition) is 0. The average molecular weight is 322 g/mol. The largest absolute Gasteiger partial charge is 0.497 e. The number of carbonyl (C=O) groups excluding carboxylic acids is 1. The predicted octanol–water partition coefficient (Wildman–Crippen LogP) is 3.36. The van der Waals surface area contributed by atoms with Crippen molar-refractivity contribution >= 4 is 5.97 Å². The lowest BCUT2D eigenvalue weighted by Crippen LogP contribution is -2.34. The molecule has 1 aromatic carbocycles. The topological polar surface area (TPSA) is 57.3 Å². The highest BCUT2D eigenvalue weighted by atomic mass is 16.6. The van der Waals surface area contributed by atoms with Crippen molar-refractivity contribution < 1.29 is 23.7 Å². The zero-order chi connectivity index (χ0) is 16.7. The highest BCUT2D eigenvalue weighted by molar-refractivity contribution is 5.82. The second-order valence-corrected chi connectivity index (χ2v) is 5.77. The molecule has 1 aliphatic heterocycles. The van der Waals surface area contributed by atoms with Crippen molar-refractivity contribution in [3.8, 4) is 11.5 Å². The number of methoxy groups -OCH3 is 1. The zero-order valence-corrected chi connectivity index (χ0v) is 14.2. The number of ether oxygens (including phenoxy) is 4. The molecule has 5 nitrogen and oxygen atoms in total. The first-order chi connectivity index (χ1) is 11.1. The van der Waals surface area contributed by atoms with Crippen LogP contribution in [0, 0.1) is 0 Å². The number of epoxide rings is 1. The van der Waals surface area contributed by atoms with Gasteiger partial charge in [0.1, 0.15) is 17.6 Å². The zero-order valence-electron chi connectivity index (χ0n) is 14.2. The van der Waals surface area contributed by atoms with E-state index in [1.807, 2.05) is 24.3 Å². The van der Waals surface area contributed by atoms with Crippen LogP contribution >= 0.6 is 0 Å². The van der Waals surface area contributed by atoms with Crippen molar-refractivity contribution in [3.05, 3.63) is 24.3 Å². The standard InChI is InChI=1S/C18H26O5/c1-4-6-8-16(12-18(13-22-18)17(19)21-5-2)23-15-10-7-9-14(11-15)20-3/h7,9-11,16H,4-6,8,12-13H2,1-3H3. The van der Waals surface area contributed by atoms with Crippen LogP contribution in [0.15, 0.2) is 24.3 Å². The fourth-order valence-electron chi connectivity index (χ4n) is 2.54. The van der Waals surface area contributed by atoms with Gasteiger partial charge in [-0.25, -0.2) is 4.79 Å². The molecule has 1 aliphatic rings. The molecular weight excluding hydrogens is 296 g/mol. The fourth-order valence-corrected chi connectivity index (χ4v) is 2.54. The van der Waals surface area contributed by atoms with Crippen LogP contribution < -0.4 is 9.47 Å². The fraction of sp³-hybridized carbons (Fsp3) is 0.611. The van der Waals surface area contributed by atoms with Gasteiger partial charge in [0.05, 0.1) is 20.3 Å². The Kier molecular flexibility index (Phi) is 6.28. The molecule has 0 aliphatic carbocycles. The van der Waals surface area contributed by atoms with Crippen LogP contribution in [0.5, 0.6) is 11.5 Å². The molecule has 1 heterocycles. The Labute approximate surface area is 137 Å². The molecular formula is C18H26O5. The molecule has 128 valence electrons. The normalized spacial score (nSPS) is 20.7. The molecule has 1 saturated heterocycles. The van der Waals surface area contributed by atoms with Crippen molar-refractivity contribution in [1.29, 1.82) is 0 Å². The van der Waals surface area contributed by atoms with Crippen LogP contribution in [0.3, 0.4) is 0 Å². The lowest BCUT2D eigenvalue weighted by Gasteiger charge is -2.22. The highest BCUT2D eigenvalue weighted by Gasteiger charge is 2.55. The second kappa shape index (κ2) is 8.20. The number of benzene rings is 1. The van der Waals surface area contributed by atoms with Gasteiger partial charge in [0, 0.05) is 12.5 Å². The maximum absolute atomic E-state index is 12.1. The summed E-state index contributed by atoms with van der Waals surface area (Å²) < 4.78 is 21.9. The summed E-state index contributed by atoms with van der Waals surface area (Å²) in [6.07, 6.45) is 3.41. The van der Waals surface area contributed by atoms with Crippen molar-refractivity contribution in [2.24, 2.45) is 0 Å². The van der Waals surface area contributed by atoms with Gasteiger partial charge in [-0.3, -0.25) is 0 Å². The van der Waals surface area contributed by atoms with Crippen LogP contribution in [0.25, 0.3) is 0 Å². The van der Waals surface area contributed by atoms with Gasteiger partial charge < -0.3 is 18.9 Å². The Bertz CT molecular complexity index is 510. The number of rotatable bonds is 10. The van der Waals surface area contributed by atoms with Gasteiger partial charge in [-0.15, -0.1) is 0 Å². The van der Waals surface area contributed by atoms with E-state index >= 15 is 0 Å². The maximum Gasteiger partial charge on any atom is 0.340 e. The molecule has 1 aromatic rings. The minimum atomic E-state index is -0.812. The molecule has 23 heavy (non-hydrogen) atoms. The lowest BCUT2D eigenvalue weighted by molar-refractivity contribution is -0.150. The van der Waals surface area contributed by atoms with E-state index in [1.54, 1.807) is 14.0 Å². The van der Waals surface area contributed by atoms with Gasteiger partial charge in [-0.05, 0) is 25.5 Å². The number of unbranched alkanes of at least 4 members (excludes halogenated alkanes) is 1. The minimum absolute atomic E-state index is 0.0889. The Morgan fingerprint density at radius 1 is 1.35 bits per heavy atom. The minimum Gasteiger partial charge on any atom is -0.497 e. The summed E-state index contributed by atoms with van der Waals surface area (Å²) in [5, 5.41) is 0. The Morgan fingerprint density at radius 2 is 2.09 bits per heavy atom. The van der Waals surface area contributed by atoms with Gasteiger partial charge in [-0.2, -0.15) is 0 Å². The molecule has 0 bridgehead atoms. The number of hydrogen-bond acceptors (Lipinski definition) is 5. The quantitative estimate of drug-likeness (QED) is 0.488. The van der Waals surface area contributed by atoms with Crippen molar-refractivity contribution in [2.45, 2.75) is 51.2 Å². The summed E-state index contributed by atoms with van der Waals surface area (Å²) in [4.78, 5) is 12.1. The lowest BCUT2D eigenvalue weighted by atomic mass is 9.98. The van der Waals surface area contributed by atoms with Crippen molar-refractivity contribution in [1.82, 2.24) is 0 Å². The van der Waals surface area contributed by atoms with Crippen molar-refractivity contribution in [2.75, 3.05) is 20.3 Å². The van der Waals surface area contributed by atoms with Gasteiger partial charge in [0.15, 0.2) is 5.60 Å². The third-order valence-corrected chi connectivity index (χ3v) is 3.92. The molecule has 0 aromatic heterocycles. The van der Waals surface area contributed by atoms with E-state index in [-0.39, 0.29) is 12.1 Å². The van der Waals surface area contributed by atoms with E-state index in [2.05, 4.69) is 6.92 Å². The monoisotopic (exact) mass is 322 g/mol. The van der Waals surface area contributed by atoms with Gasteiger partial charge in [0.2, 0.25) is 0 Å². The van der Waals surface area contributed by atoms with E-state index < -0.39 is 5.60 Å². The van der Waals surface area contributed by atoms with Gasteiger partial charge >= 0.3 is 5.97 Å². The second-order valence-electron chi connectivity index (χ2n) is 5.77. The summed E-state index contributed by atoms with van der Waals surface area (Å²) in [6.45, 7) is 4.71. The summed E-state index contributed by atoms with van der Waals surface area (Å²) in [6, 6.07) is 7.51. The SMILES string of the molecule is CCCCC(CC1(C(=O)OCC)CO1)Oc1cccc(OC)c1. The maximum atomic E-state index is 12.1. The smallest absolute Gasteiger partial charge is 0.340 e. The Balaban J connectivity index is 2.03. The Hall–Kier alpha value is -1.75. The molecule has 1 fully saturated rings. The Morgan fingerprint density at radius 3 is 2.70 bits per heavy atom. The average Bonchev–Trinajstić information content (AvgIpc) is 3.34. The van der Waals surface area contributed by atoms with Crippen LogP contribution in [-0.2, 0) is 14.3 Å². The first-order valence-corrected chi connectivity index (χ1v) is 8.25. The first kappa shape index (κ1) is 17.6. The van der Waals surface area contributed by atoms with Crippen LogP contribution in [0.2, 0.25) is 0 Å².